The molecule has 0 radical (unpaired) electrons. The van der Waals surface area contributed by atoms with Crippen LogP contribution in [0.25, 0.3) is 0 Å². The summed E-state index contributed by atoms with van der Waals surface area (Å²) in [4.78, 5) is 27.1. The Morgan fingerprint density at radius 3 is 2.75 bits per heavy atom. The number of nitrogens with zero attached hydrogens (tertiary/aromatic N) is 1. The van der Waals surface area contributed by atoms with Crippen LogP contribution < -0.4 is 10.6 Å². The molecule has 2 aromatic rings. The molecule has 2 N–H and O–H groups in total. The molecule has 0 unspecified atom stereocenters. The van der Waals surface area contributed by atoms with E-state index >= 15 is 0 Å². The SMILES string of the molecule is O=C(CN1CCc2ccccc2C1)NC(=O)NCCc1cccs1. The Morgan fingerprint density at radius 1 is 1.12 bits per heavy atom. The third-order valence-electron chi connectivity index (χ3n) is 4.07. The number of hydrogen-bond donors (Lipinski definition) is 2. The molecule has 0 spiro atoms. The van der Waals surface area contributed by atoms with Crippen LogP contribution in [0.3, 0.4) is 0 Å². The predicted octanol–water partition coefficient (Wildman–Crippen LogP) is 2.17. The fourth-order valence-electron chi connectivity index (χ4n) is 2.86. The van der Waals surface area contributed by atoms with E-state index in [1.165, 1.54) is 16.0 Å². The van der Waals surface area contributed by atoms with Gasteiger partial charge < -0.3 is 5.32 Å². The van der Waals surface area contributed by atoms with Gasteiger partial charge in [0, 0.05) is 24.5 Å². The third kappa shape index (κ3) is 4.66. The maximum atomic E-state index is 12.0. The Bertz CT molecular complexity index is 700. The lowest BCUT2D eigenvalue weighted by Crippen LogP contribution is -2.45. The normalized spacial score (nSPS) is 14.0. The summed E-state index contributed by atoms with van der Waals surface area (Å²) >= 11 is 1.66. The number of urea groups is 1. The third-order valence-corrected chi connectivity index (χ3v) is 5.00. The van der Waals surface area contributed by atoms with Crippen molar-refractivity contribution in [1.29, 1.82) is 0 Å². The number of nitrogens with one attached hydrogen (secondary N) is 2. The van der Waals surface area contributed by atoms with Gasteiger partial charge in [0.05, 0.1) is 6.54 Å². The molecule has 1 aromatic heterocycles. The van der Waals surface area contributed by atoms with Crippen molar-refractivity contribution in [2.24, 2.45) is 0 Å². The summed E-state index contributed by atoms with van der Waals surface area (Å²) in [5.74, 6) is -0.261. The number of hydrogen-bond acceptors (Lipinski definition) is 4. The molecular formula is C18H21N3O2S. The molecule has 0 saturated heterocycles. The quantitative estimate of drug-likeness (QED) is 0.875. The van der Waals surface area contributed by atoms with Crippen LogP contribution in [0.15, 0.2) is 41.8 Å². The molecule has 126 valence electrons. The highest BCUT2D eigenvalue weighted by Crippen LogP contribution is 2.17. The van der Waals surface area contributed by atoms with Gasteiger partial charge in [0.15, 0.2) is 0 Å². The smallest absolute Gasteiger partial charge is 0.321 e. The van der Waals surface area contributed by atoms with Crippen molar-refractivity contribution >= 4 is 23.3 Å². The largest absolute Gasteiger partial charge is 0.337 e. The first kappa shape index (κ1) is 16.7. The van der Waals surface area contributed by atoms with Gasteiger partial charge in [-0.25, -0.2) is 4.79 Å². The molecule has 0 fully saturated rings. The zero-order valence-electron chi connectivity index (χ0n) is 13.5. The molecule has 0 saturated carbocycles. The van der Waals surface area contributed by atoms with Gasteiger partial charge in [-0.1, -0.05) is 30.3 Å². The van der Waals surface area contributed by atoms with Gasteiger partial charge in [0.25, 0.3) is 0 Å². The van der Waals surface area contributed by atoms with Gasteiger partial charge in [0.2, 0.25) is 5.91 Å². The molecule has 0 bridgehead atoms. The summed E-state index contributed by atoms with van der Waals surface area (Å²) in [6.45, 7) is 2.36. The minimum Gasteiger partial charge on any atom is -0.337 e. The zero-order chi connectivity index (χ0) is 16.8. The summed E-state index contributed by atoms with van der Waals surface area (Å²) < 4.78 is 0. The van der Waals surface area contributed by atoms with E-state index in [1.807, 2.05) is 29.6 Å². The maximum absolute atomic E-state index is 12.0. The highest BCUT2D eigenvalue weighted by molar-refractivity contribution is 7.09. The van der Waals surface area contributed by atoms with E-state index in [0.717, 1.165) is 25.9 Å². The van der Waals surface area contributed by atoms with Crippen LogP contribution in [-0.2, 0) is 24.2 Å². The molecule has 1 aliphatic rings. The van der Waals surface area contributed by atoms with Gasteiger partial charge in [0.1, 0.15) is 0 Å². The summed E-state index contributed by atoms with van der Waals surface area (Å²) in [6.07, 6.45) is 1.72. The van der Waals surface area contributed by atoms with Crippen molar-refractivity contribution in [3.8, 4) is 0 Å². The van der Waals surface area contributed by atoms with E-state index in [4.69, 9.17) is 0 Å². The lowest BCUT2D eigenvalue weighted by Gasteiger charge is -2.27. The van der Waals surface area contributed by atoms with Gasteiger partial charge in [-0.2, -0.15) is 0 Å². The molecule has 0 atom stereocenters. The van der Waals surface area contributed by atoms with E-state index in [0.29, 0.717) is 6.54 Å². The van der Waals surface area contributed by atoms with Crippen molar-refractivity contribution in [1.82, 2.24) is 15.5 Å². The first-order chi connectivity index (χ1) is 11.7. The number of carbonyl (C=O) groups is 2. The summed E-state index contributed by atoms with van der Waals surface area (Å²) in [5.41, 5.74) is 2.61. The van der Waals surface area contributed by atoms with E-state index in [1.54, 1.807) is 11.3 Å². The first-order valence-electron chi connectivity index (χ1n) is 8.10. The van der Waals surface area contributed by atoms with Crippen molar-refractivity contribution in [2.45, 2.75) is 19.4 Å². The molecule has 5 nitrogen and oxygen atoms in total. The van der Waals surface area contributed by atoms with Crippen molar-refractivity contribution in [3.63, 3.8) is 0 Å². The molecular weight excluding hydrogens is 322 g/mol. The highest BCUT2D eigenvalue weighted by Gasteiger charge is 2.18. The average Bonchev–Trinajstić information content (AvgIpc) is 3.08. The van der Waals surface area contributed by atoms with Crippen LogP contribution in [0.2, 0.25) is 0 Å². The van der Waals surface area contributed by atoms with Crippen LogP contribution in [0.4, 0.5) is 4.79 Å². The van der Waals surface area contributed by atoms with Gasteiger partial charge in [-0.05, 0) is 35.4 Å². The number of imide groups is 1. The van der Waals surface area contributed by atoms with Gasteiger partial charge >= 0.3 is 6.03 Å². The van der Waals surface area contributed by atoms with Crippen molar-refractivity contribution in [2.75, 3.05) is 19.6 Å². The average molecular weight is 343 g/mol. The molecule has 6 heteroatoms. The fraction of sp³-hybridized carbons (Fsp3) is 0.333. The van der Waals surface area contributed by atoms with Crippen molar-refractivity contribution in [3.05, 3.63) is 57.8 Å². The topological polar surface area (TPSA) is 61.4 Å². The molecule has 1 aliphatic heterocycles. The maximum Gasteiger partial charge on any atom is 0.321 e. The molecule has 24 heavy (non-hydrogen) atoms. The zero-order valence-corrected chi connectivity index (χ0v) is 14.3. The van der Waals surface area contributed by atoms with Gasteiger partial charge in [-0.15, -0.1) is 11.3 Å². The van der Waals surface area contributed by atoms with E-state index in [-0.39, 0.29) is 12.5 Å². The Hall–Kier alpha value is -2.18. The van der Waals surface area contributed by atoms with Crippen molar-refractivity contribution < 1.29 is 9.59 Å². The first-order valence-corrected chi connectivity index (χ1v) is 8.98. The summed E-state index contributed by atoms with van der Waals surface area (Å²) in [5, 5.41) is 7.14. The fourth-order valence-corrected chi connectivity index (χ4v) is 3.57. The molecule has 3 rings (SSSR count). The Labute approximate surface area is 145 Å². The summed E-state index contributed by atoms with van der Waals surface area (Å²) in [7, 11) is 0. The standard InChI is InChI=1S/C18H21N3O2S/c22-17(20-18(23)19-9-7-16-6-3-11-24-16)13-21-10-8-14-4-1-2-5-15(14)12-21/h1-6,11H,7-10,12-13H2,(H2,19,20,22,23). The van der Waals surface area contributed by atoms with Crippen LogP contribution in [0, 0.1) is 0 Å². The Morgan fingerprint density at radius 2 is 1.96 bits per heavy atom. The van der Waals surface area contributed by atoms with E-state index in [9.17, 15) is 9.59 Å². The van der Waals surface area contributed by atoms with Crippen LogP contribution >= 0.6 is 11.3 Å². The van der Waals surface area contributed by atoms with E-state index < -0.39 is 6.03 Å². The Kier molecular flexibility index (Phi) is 5.61. The minimum absolute atomic E-state index is 0.243. The van der Waals surface area contributed by atoms with Crippen LogP contribution in [0.5, 0.6) is 0 Å². The number of benzene rings is 1. The second kappa shape index (κ2) is 8.08. The number of carbonyl (C=O) groups excluding carboxylic acids is 2. The number of amides is 3. The molecule has 0 aliphatic carbocycles. The van der Waals surface area contributed by atoms with Crippen LogP contribution in [-0.4, -0.2) is 36.5 Å². The second-order valence-corrected chi connectivity index (χ2v) is 6.90. The second-order valence-electron chi connectivity index (χ2n) is 5.86. The Balaban J connectivity index is 1.38. The number of thiophene rings is 1. The monoisotopic (exact) mass is 343 g/mol. The minimum atomic E-state index is -0.422. The number of rotatable bonds is 5. The molecule has 2 heterocycles. The lowest BCUT2D eigenvalue weighted by molar-refractivity contribution is -0.121. The number of fused-ring (bicyclic) bond motifs is 1. The van der Waals surface area contributed by atoms with E-state index in [2.05, 4.69) is 27.7 Å². The highest BCUT2D eigenvalue weighted by atomic mass is 32.1. The van der Waals surface area contributed by atoms with Gasteiger partial charge in [-0.3, -0.25) is 15.0 Å². The molecule has 3 amide bonds. The lowest BCUT2D eigenvalue weighted by atomic mass is 10.00. The van der Waals surface area contributed by atoms with Crippen LogP contribution in [0.1, 0.15) is 16.0 Å². The summed E-state index contributed by atoms with van der Waals surface area (Å²) in [6, 6.07) is 11.9. The predicted molar refractivity (Wildman–Crippen MR) is 95.0 cm³/mol. The molecule has 1 aromatic carbocycles.